The third-order valence-corrected chi connectivity index (χ3v) is 9.53. The first-order valence-electron chi connectivity index (χ1n) is 14.3. The molecule has 0 radical (unpaired) electrons. The van der Waals surface area contributed by atoms with Crippen molar-refractivity contribution >= 4 is 36.9 Å². The minimum absolute atomic E-state index is 0.0402. The van der Waals surface area contributed by atoms with Crippen molar-refractivity contribution in [3.8, 4) is 22.5 Å². The zero-order chi connectivity index (χ0) is 32.6. The Kier molecular flexibility index (Phi) is 8.26. The molecule has 2 aliphatic rings. The maximum atomic E-state index is 12.7. The van der Waals surface area contributed by atoms with Gasteiger partial charge < -0.3 is 9.73 Å². The summed E-state index contributed by atoms with van der Waals surface area (Å²) in [5.41, 5.74) is 5.92. The van der Waals surface area contributed by atoms with Crippen LogP contribution >= 0.6 is 0 Å². The van der Waals surface area contributed by atoms with E-state index in [2.05, 4.69) is 5.32 Å². The van der Waals surface area contributed by atoms with Gasteiger partial charge in [-0.05, 0) is 60.4 Å². The van der Waals surface area contributed by atoms with Crippen LogP contribution in [0.5, 0.6) is 0 Å². The van der Waals surface area contributed by atoms with Gasteiger partial charge in [0.1, 0.15) is 16.2 Å². The van der Waals surface area contributed by atoms with Crippen LogP contribution in [-0.2, 0) is 33.3 Å². The van der Waals surface area contributed by atoms with E-state index in [0.717, 1.165) is 40.1 Å². The molecule has 0 atom stereocenters. The quantitative estimate of drug-likeness (QED) is 0.117. The van der Waals surface area contributed by atoms with Crippen LogP contribution in [0.1, 0.15) is 22.3 Å². The summed E-state index contributed by atoms with van der Waals surface area (Å²) < 4.78 is 75.6. The van der Waals surface area contributed by atoms with Gasteiger partial charge in [0.15, 0.2) is 0 Å². The maximum absolute atomic E-state index is 12.7. The molecule has 1 aliphatic carbocycles. The zero-order valence-electron chi connectivity index (χ0n) is 24.9. The lowest BCUT2D eigenvalue weighted by atomic mass is 9.91. The Morgan fingerprint density at radius 2 is 1.39 bits per heavy atom. The van der Waals surface area contributed by atoms with Crippen molar-refractivity contribution in [2.24, 2.45) is 4.99 Å². The van der Waals surface area contributed by atoms with Crippen LogP contribution in [0.25, 0.3) is 33.4 Å². The minimum atomic E-state index is -4.95. The van der Waals surface area contributed by atoms with Crippen molar-refractivity contribution < 1.29 is 30.4 Å². The first-order chi connectivity index (χ1) is 21.9. The van der Waals surface area contributed by atoms with Gasteiger partial charge in [-0.2, -0.15) is 16.8 Å². The number of hydrogen-bond donors (Lipinski definition) is 3. The summed E-state index contributed by atoms with van der Waals surface area (Å²) in [5.74, 6) is 0.401. The van der Waals surface area contributed by atoms with Crippen molar-refractivity contribution in [3.63, 3.8) is 0 Å². The van der Waals surface area contributed by atoms with Crippen LogP contribution in [0, 0.1) is 13.8 Å². The van der Waals surface area contributed by atoms with Gasteiger partial charge in [-0.1, -0.05) is 66.7 Å². The van der Waals surface area contributed by atoms with Crippen LogP contribution in [0.3, 0.4) is 0 Å². The summed E-state index contributed by atoms with van der Waals surface area (Å²) in [7, 11) is -9.72. The number of hydrogen-bond acceptors (Lipinski definition) is 7. The molecule has 4 aromatic carbocycles. The molecule has 0 saturated heterocycles. The molecule has 0 saturated carbocycles. The van der Waals surface area contributed by atoms with Crippen LogP contribution in [-0.4, -0.2) is 25.9 Å². The molecule has 0 bridgehead atoms. The molecule has 0 aromatic heterocycles. The van der Waals surface area contributed by atoms with Crippen molar-refractivity contribution in [1.82, 2.24) is 0 Å². The highest BCUT2D eigenvalue weighted by Gasteiger charge is 2.27. The Hall–Kier alpha value is -4.81. The van der Waals surface area contributed by atoms with Crippen LogP contribution in [0.4, 0.5) is 5.69 Å². The van der Waals surface area contributed by atoms with Crippen LogP contribution in [0.2, 0.25) is 0 Å². The topological polar surface area (TPSA) is 146 Å². The first kappa shape index (κ1) is 31.2. The van der Waals surface area contributed by atoms with E-state index in [9.17, 15) is 25.9 Å². The molecule has 1 aliphatic heterocycles. The van der Waals surface area contributed by atoms with Crippen molar-refractivity contribution in [1.29, 1.82) is 0 Å². The first-order valence-corrected chi connectivity index (χ1v) is 17.2. The molecule has 0 fully saturated rings. The van der Waals surface area contributed by atoms with Gasteiger partial charge in [0.05, 0.1) is 16.8 Å². The van der Waals surface area contributed by atoms with E-state index in [4.69, 9.17) is 9.41 Å². The number of aryl methyl sites for hydroxylation is 2. The highest BCUT2D eigenvalue weighted by Crippen LogP contribution is 2.44. The molecular weight excluding hydrogens is 625 g/mol. The number of rotatable bonds is 8. The van der Waals surface area contributed by atoms with E-state index in [-0.39, 0.29) is 5.56 Å². The fourth-order valence-electron chi connectivity index (χ4n) is 5.48. The standard InChI is InChI=1S/C35H30N2O7S2/c1-22-15-28-32(18-30(22)36-20-24-9-5-3-6-10-24)44-33-19-31(37-21-25-11-7-4-8-12-25)23(2)16-29(33)35(28)27-14-13-26(45(38,39)40)17-34(27)46(41,42)43/h3-19,36H,20-21H2,1-2H3,(H,38,39,40)(H,41,42,43). The number of anilines is 1. The summed E-state index contributed by atoms with van der Waals surface area (Å²) in [5, 5.41) is 4.65. The molecule has 11 heteroatoms. The van der Waals surface area contributed by atoms with E-state index >= 15 is 0 Å². The average molecular weight is 655 g/mol. The molecule has 46 heavy (non-hydrogen) atoms. The molecule has 1 heterocycles. The van der Waals surface area contributed by atoms with Crippen molar-refractivity contribution in [3.05, 3.63) is 131 Å². The predicted octanol–water partition coefficient (Wildman–Crippen LogP) is 7.03. The van der Waals surface area contributed by atoms with Crippen molar-refractivity contribution in [2.75, 3.05) is 5.32 Å². The van der Waals surface area contributed by atoms with Crippen molar-refractivity contribution in [2.45, 2.75) is 36.7 Å². The SMILES string of the molecule is Cc1cc2c(-c3ccc(S(=O)(=O)O)cc3S(=O)(=O)O)c3cc(C)c(=NCc4ccccc4)cc-3oc2cc1NCc1ccccc1. The summed E-state index contributed by atoms with van der Waals surface area (Å²) in [6.45, 7) is 4.77. The molecule has 0 spiro atoms. The molecule has 6 rings (SSSR count). The maximum Gasteiger partial charge on any atom is 0.295 e. The highest BCUT2D eigenvalue weighted by atomic mass is 32.2. The highest BCUT2D eigenvalue weighted by molar-refractivity contribution is 7.86. The van der Waals surface area contributed by atoms with E-state index < -0.39 is 30.0 Å². The molecule has 4 aromatic rings. The zero-order valence-corrected chi connectivity index (χ0v) is 26.6. The van der Waals surface area contributed by atoms with E-state index in [1.807, 2.05) is 92.7 Å². The second-order valence-corrected chi connectivity index (χ2v) is 13.8. The van der Waals surface area contributed by atoms with Crippen LogP contribution in [0.15, 0.2) is 122 Å². The molecule has 234 valence electrons. The third-order valence-electron chi connectivity index (χ3n) is 7.78. The Morgan fingerprint density at radius 3 is 2.04 bits per heavy atom. The van der Waals surface area contributed by atoms with Gasteiger partial charge in [-0.3, -0.25) is 14.1 Å². The average Bonchev–Trinajstić information content (AvgIpc) is 3.02. The van der Waals surface area contributed by atoms with E-state index in [1.165, 1.54) is 6.07 Å². The number of nitrogens with one attached hydrogen (secondary N) is 1. The lowest BCUT2D eigenvalue weighted by molar-refractivity contribution is 0.481. The van der Waals surface area contributed by atoms with Gasteiger partial charge in [-0.15, -0.1) is 0 Å². The van der Waals surface area contributed by atoms with E-state index in [0.29, 0.717) is 46.3 Å². The lowest BCUT2D eigenvalue weighted by Crippen LogP contribution is -2.10. The summed E-state index contributed by atoms with van der Waals surface area (Å²) in [4.78, 5) is 3.46. The molecule has 9 nitrogen and oxygen atoms in total. The van der Waals surface area contributed by atoms with Crippen LogP contribution < -0.4 is 10.7 Å². The van der Waals surface area contributed by atoms with Gasteiger partial charge in [0.2, 0.25) is 0 Å². The monoisotopic (exact) mass is 654 g/mol. The Balaban J connectivity index is 1.62. The Bertz CT molecular complexity index is 2350. The van der Waals surface area contributed by atoms with Gasteiger partial charge >= 0.3 is 0 Å². The molecule has 0 unspecified atom stereocenters. The number of nitrogens with zero attached hydrogens (tertiary/aromatic N) is 1. The second kappa shape index (κ2) is 12.2. The Morgan fingerprint density at radius 1 is 0.717 bits per heavy atom. The Labute approximate surface area is 266 Å². The van der Waals surface area contributed by atoms with Gasteiger partial charge in [0, 0.05) is 46.4 Å². The predicted molar refractivity (Wildman–Crippen MR) is 177 cm³/mol. The largest absolute Gasteiger partial charge is 0.456 e. The third kappa shape index (κ3) is 6.44. The fourth-order valence-corrected chi connectivity index (χ4v) is 6.78. The molecular formula is C35H30N2O7S2. The number of benzene rings is 5. The summed E-state index contributed by atoms with van der Waals surface area (Å²) in [6.07, 6.45) is 0. The van der Waals surface area contributed by atoms with Gasteiger partial charge in [0.25, 0.3) is 20.2 Å². The number of fused-ring (bicyclic) bond motifs is 2. The molecule has 3 N–H and O–H groups in total. The molecule has 0 amide bonds. The second-order valence-electron chi connectivity index (χ2n) is 11.0. The summed E-state index contributed by atoms with van der Waals surface area (Å²) in [6, 6.07) is 30.1. The van der Waals surface area contributed by atoms with Gasteiger partial charge in [-0.25, -0.2) is 0 Å². The minimum Gasteiger partial charge on any atom is -0.456 e. The van der Waals surface area contributed by atoms with E-state index in [1.54, 1.807) is 6.07 Å². The lowest BCUT2D eigenvalue weighted by Gasteiger charge is -2.20. The smallest absolute Gasteiger partial charge is 0.295 e. The fraction of sp³-hybridized carbons (Fsp3) is 0.114. The normalized spacial score (nSPS) is 12.6. The summed E-state index contributed by atoms with van der Waals surface area (Å²) >= 11 is 0.